The molecule has 0 radical (unpaired) electrons. The van der Waals surface area contributed by atoms with Crippen molar-refractivity contribution in [1.82, 2.24) is 4.98 Å². The molecule has 1 fully saturated rings. The van der Waals surface area contributed by atoms with Crippen molar-refractivity contribution < 1.29 is 9.47 Å². The zero-order valence-electron chi connectivity index (χ0n) is 10.3. The van der Waals surface area contributed by atoms with Crippen LogP contribution in [0.2, 0.25) is 0 Å². The van der Waals surface area contributed by atoms with Crippen molar-refractivity contribution in [1.29, 1.82) is 0 Å². The number of pyridine rings is 1. The predicted molar refractivity (Wildman–Crippen MR) is 65.9 cm³/mol. The minimum absolute atomic E-state index is 0.0364. The number of hydrogen-bond donors (Lipinski definition) is 1. The number of aromatic nitrogens is 1. The SMILES string of the molecule is CC(N)c1ccc(OCC2CCCCO2)cn1. The Labute approximate surface area is 102 Å². The summed E-state index contributed by atoms with van der Waals surface area (Å²) in [6.45, 7) is 3.38. The average Bonchev–Trinajstić information content (AvgIpc) is 2.38. The maximum absolute atomic E-state index is 5.73. The van der Waals surface area contributed by atoms with Gasteiger partial charge in [0.05, 0.1) is 18.0 Å². The van der Waals surface area contributed by atoms with Crippen molar-refractivity contribution in [3.8, 4) is 5.75 Å². The van der Waals surface area contributed by atoms with Crippen LogP contribution >= 0.6 is 0 Å². The van der Waals surface area contributed by atoms with Crippen molar-refractivity contribution in [2.45, 2.75) is 38.3 Å². The molecule has 1 aliphatic heterocycles. The summed E-state index contributed by atoms with van der Waals surface area (Å²) < 4.78 is 11.2. The fourth-order valence-corrected chi connectivity index (χ4v) is 1.87. The van der Waals surface area contributed by atoms with Crippen LogP contribution in [0.5, 0.6) is 5.75 Å². The molecule has 0 aliphatic carbocycles. The Kier molecular flexibility index (Phi) is 4.34. The minimum Gasteiger partial charge on any atom is -0.489 e. The molecule has 2 heterocycles. The zero-order valence-corrected chi connectivity index (χ0v) is 10.3. The molecule has 0 saturated carbocycles. The lowest BCUT2D eigenvalue weighted by Gasteiger charge is -2.22. The van der Waals surface area contributed by atoms with Gasteiger partial charge in [-0.25, -0.2) is 0 Å². The summed E-state index contributed by atoms with van der Waals surface area (Å²) in [6.07, 6.45) is 5.45. The van der Waals surface area contributed by atoms with Crippen LogP contribution in [0.3, 0.4) is 0 Å². The van der Waals surface area contributed by atoms with Crippen LogP contribution in [0, 0.1) is 0 Å². The summed E-state index contributed by atoms with van der Waals surface area (Å²) in [5, 5.41) is 0. The van der Waals surface area contributed by atoms with E-state index in [4.69, 9.17) is 15.2 Å². The zero-order chi connectivity index (χ0) is 12.1. The van der Waals surface area contributed by atoms with Gasteiger partial charge in [-0.3, -0.25) is 4.98 Å². The Morgan fingerprint density at radius 1 is 1.53 bits per heavy atom. The lowest BCUT2D eigenvalue weighted by Crippen LogP contribution is -2.25. The van der Waals surface area contributed by atoms with Crippen LogP contribution in [-0.2, 0) is 4.74 Å². The quantitative estimate of drug-likeness (QED) is 0.869. The number of rotatable bonds is 4. The van der Waals surface area contributed by atoms with Crippen LogP contribution in [0.15, 0.2) is 18.3 Å². The van der Waals surface area contributed by atoms with E-state index in [9.17, 15) is 0 Å². The van der Waals surface area contributed by atoms with Crippen LogP contribution in [0.1, 0.15) is 37.9 Å². The maximum Gasteiger partial charge on any atom is 0.137 e. The first-order chi connectivity index (χ1) is 8.25. The second-order valence-electron chi connectivity index (χ2n) is 4.51. The first-order valence-electron chi connectivity index (χ1n) is 6.21. The van der Waals surface area contributed by atoms with Gasteiger partial charge in [0.15, 0.2) is 0 Å². The van der Waals surface area contributed by atoms with Crippen molar-refractivity contribution in [3.05, 3.63) is 24.0 Å². The van der Waals surface area contributed by atoms with E-state index < -0.39 is 0 Å². The van der Waals surface area contributed by atoms with Crippen LogP contribution in [0.25, 0.3) is 0 Å². The van der Waals surface area contributed by atoms with Crippen LogP contribution < -0.4 is 10.5 Å². The van der Waals surface area contributed by atoms with Crippen LogP contribution in [0.4, 0.5) is 0 Å². The molecule has 1 aliphatic rings. The normalized spacial score (nSPS) is 22.1. The predicted octanol–water partition coefficient (Wildman–Crippen LogP) is 2.05. The Hall–Kier alpha value is -1.13. The van der Waals surface area contributed by atoms with Gasteiger partial charge >= 0.3 is 0 Å². The third-order valence-electron chi connectivity index (χ3n) is 2.94. The number of hydrogen-bond acceptors (Lipinski definition) is 4. The Morgan fingerprint density at radius 2 is 2.41 bits per heavy atom. The van der Waals surface area contributed by atoms with Crippen LogP contribution in [-0.4, -0.2) is 24.3 Å². The standard InChI is InChI=1S/C13H20N2O2/c1-10(14)13-6-5-11(8-15-13)17-9-12-4-2-3-7-16-12/h5-6,8,10,12H,2-4,7,9,14H2,1H3. The Balaban J connectivity index is 1.82. The molecule has 0 aromatic carbocycles. The molecule has 0 bridgehead atoms. The molecule has 4 heteroatoms. The summed E-state index contributed by atoms with van der Waals surface area (Å²) in [6, 6.07) is 3.78. The highest BCUT2D eigenvalue weighted by Crippen LogP contribution is 2.16. The summed E-state index contributed by atoms with van der Waals surface area (Å²) in [5.74, 6) is 0.781. The molecule has 2 N–H and O–H groups in total. The van der Waals surface area contributed by atoms with E-state index in [-0.39, 0.29) is 12.1 Å². The van der Waals surface area contributed by atoms with Gasteiger partial charge < -0.3 is 15.2 Å². The van der Waals surface area contributed by atoms with Crippen molar-refractivity contribution in [2.24, 2.45) is 5.73 Å². The van der Waals surface area contributed by atoms with Gasteiger partial charge in [0.25, 0.3) is 0 Å². The Bertz CT molecular complexity index is 332. The van der Waals surface area contributed by atoms with Crippen molar-refractivity contribution in [3.63, 3.8) is 0 Å². The molecule has 2 atom stereocenters. The molecule has 1 aromatic heterocycles. The highest BCUT2D eigenvalue weighted by Gasteiger charge is 2.14. The van der Waals surface area contributed by atoms with E-state index in [1.165, 1.54) is 12.8 Å². The molecule has 1 saturated heterocycles. The number of nitrogens with two attached hydrogens (primary N) is 1. The molecule has 4 nitrogen and oxygen atoms in total. The second kappa shape index (κ2) is 5.98. The van der Waals surface area contributed by atoms with E-state index in [1.807, 2.05) is 19.1 Å². The summed E-state index contributed by atoms with van der Waals surface area (Å²) in [4.78, 5) is 4.25. The fourth-order valence-electron chi connectivity index (χ4n) is 1.87. The monoisotopic (exact) mass is 236 g/mol. The highest BCUT2D eigenvalue weighted by molar-refractivity contribution is 5.21. The number of ether oxygens (including phenoxy) is 2. The van der Waals surface area contributed by atoms with Gasteiger partial charge in [-0.05, 0) is 38.3 Å². The summed E-state index contributed by atoms with van der Waals surface area (Å²) in [5.41, 5.74) is 6.61. The largest absolute Gasteiger partial charge is 0.489 e. The van der Waals surface area contributed by atoms with E-state index in [0.29, 0.717) is 6.61 Å². The highest BCUT2D eigenvalue weighted by atomic mass is 16.5. The molecule has 1 aromatic rings. The maximum atomic E-state index is 5.73. The van der Waals surface area contributed by atoms with E-state index in [1.54, 1.807) is 6.20 Å². The van der Waals surface area contributed by atoms with Crippen molar-refractivity contribution >= 4 is 0 Å². The molecular weight excluding hydrogens is 216 g/mol. The lowest BCUT2D eigenvalue weighted by atomic mass is 10.1. The topological polar surface area (TPSA) is 57.4 Å². The fraction of sp³-hybridized carbons (Fsp3) is 0.615. The molecule has 2 rings (SSSR count). The Morgan fingerprint density at radius 3 is 3.00 bits per heavy atom. The molecular formula is C13H20N2O2. The average molecular weight is 236 g/mol. The second-order valence-corrected chi connectivity index (χ2v) is 4.51. The van der Waals surface area contributed by atoms with E-state index in [0.717, 1.165) is 24.5 Å². The third-order valence-corrected chi connectivity index (χ3v) is 2.94. The molecule has 2 unspecified atom stereocenters. The van der Waals surface area contributed by atoms with Gasteiger partial charge in [0.1, 0.15) is 12.4 Å². The molecule has 17 heavy (non-hydrogen) atoms. The minimum atomic E-state index is -0.0364. The van der Waals surface area contributed by atoms with Gasteiger partial charge in [0.2, 0.25) is 0 Å². The lowest BCUT2D eigenvalue weighted by molar-refractivity contribution is -0.0111. The number of nitrogens with zero attached hydrogens (tertiary/aromatic N) is 1. The van der Waals surface area contributed by atoms with Gasteiger partial charge in [-0.2, -0.15) is 0 Å². The van der Waals surface area contributed by atoms with Gasteiger partial charge in [-0.15, -0.1) is 0 Å². The smallest absolute Gasteiger partial charge is 0.137 e. The summed E-state index contributed by atoms with van der Waals surface area (Å²) >= 11 is 0. The summed E-state index contributed by atoms with van der Waals surface area (Å²) in [7, 11) is 0. The molecule has 0 spiro atoms. The first kappa shape index (κ1) is 12.3. The first-order valence-corrected chi connectivity index (χ1v) is 6.21. The third kappa shape index (κ3) is 3.68. The van der Waals surface area contributed by atoms with E-state index in [2.05, 4.69) is 4.98 Å². The molecule has 94 valence electrons. The molecule has 0 amide bonds. The van der Waals surface area contributed by atoms with Gasteiger partial charge in [-0.1, -0.05) is 0 Å². The van der Waals surface area contributed by atoms with E-state index >= 15 is 0 Å². The van der Waals surface area contributed by atoms with Crippen molar-refractivity contribution in [2.75, 3.05) is 13.2 Å². The van der Waals surface area contributed by atoms with Gasteiger partial charge in [0, 0.05) is 12.6 Å².